The van der Waals surface area contributed by atoms with Gasteiger partial charge in [0.05, 0.1) is 16.7 Å². The van der Waals surface area contributed by atoms with Crippen molar-refractivity contribution in [3.63, 3.8) is 0 Å². The molecule has 0 aliphatic carbocycles. The van der Waals surface area contributed by atoms with Crippen LogP contribution in [-0.4, -0.2) is 4.98 Å². The summed E-state index contributed by atoms with van der Waals surface area (Å²) in [5, 5.41) is 0. The number of pyridine rings is 1. The Morgan fingerprint density at radius 3 is 2.56 bits per heavy atom. The zero-order chi connectivity index (χ0) is 13.1. The van der Waals surface area contributed by atoms with Crippen molar-refractivity contribution in [3.8, 4) is 0 Å². The molecular weight excluding hydrogens is 304 g/mol. The fraction of sp³-hybridized carbons (Fsp3) is 0.0833. The third-order valence-corrected chi connectivity index (χ3v) is 3.15. The maximum Gasteiger partial charge on any atom is 0.141 e. The predicted octanol–water partition coefficient (Wildman–Crippen LogP) is 2.68. The summed E-state index contributed by atoms with van der Waals surface area (Å²) in [4.78, 5) is 3.74. The van der Waals surface area contributed by atoms with E-state index in [2.05, 4.69) is 26.3 Å². The van der Waals surface area contributed by atoms with E-state index in [4.69, 9.17) is 5.84 Å². The van der Waals surface area contributed by atoms with E-state index in [0.717, 1.165) is 6.20 Å². The van der Waals surface area contributed by atoms with Crippen LogP contribution in [0.5, 0.6) is 0 Å². The number of nitrogens with one attached hydrogen (secondary N) is 1. The van der Waals surface area contributed by atoms with E-state index in [0.29, 0.717) is 15.6 Å². The average Bonchev–Trinajstić information content (AvgIpc) is 2.35. The van der Waals surface area contributed by atoms with E-state index in [1.165, 1.54) is 18.3 Å². The minimum absolute atomic E-state index is 0.361. The summed E-state index contributed by atoms with van der Waals surface area (Å²) in [6.45, 7) is 0. The number of benzene rings is 1. The number of halogens is 3. The standard InChI is InChI=1S/C12H10BrF2N3/c13-10-2-1-7(4-11(10)15)12(18-16)8-3-9(14)6-17-5-8/h1-6,12,18H,16H2. The van der Waals surface area contributed by atoms with Crippen LogP contribution in [0.4, 0.5) is 8.78 Å². The van der Waals surface area contributed by atoms with Gasteiger partial charge in [-0.25, -0.2) is 14.2 Å². The first kappa shape index (κ1) is 13.1. The summed E-state index contributed by atoms with van der Waals surface area (Å²) in [5.74, 6) is 4.57. The first-order valence-electron chi connectivity index (χ1n) is 5.13. The molecule has 2 aromatic rings. The lowest BCUT2D eigenvalue weighted by Gasteiger charge is -2.16. The van der Waals surface area contributed by atoms with Gasteiger partial charge in [0.1, 0.15) is 11.6 Å². The van der Waals surface area contributed by atoms with Gasteiger partial charge in [-0.2, -0.15) is 0 Å². The minimum atomic E-state index is -0.518. The highest BCUT2D eigenvalue weighted by molar-refractivity contribution is 9.10. The molecule has 0 spiro atoms. The zero-order valence-electron chi connectivity index (χ0n) is 9.20. The van der Waals surface area contributed by atoms with E-state index >= 15 is 0 Å². The molecule has 1 aromatic heterocycles. The van der Waals surface area contributed by atoms with Crippen molar-refractivity contribution in [2.24, 2.45) is 5.84 Å². The maximum atomic E-state index is 13.5. The van der Waals surface area contributed by atoms with Gasteiger partial charge in [0, 0.05) is 6.20 Å². The first-order valence-corrected chi connectivity index (χ1v) is 5.92. The molecule has 6 heteroatoms. The number of rotatable bonds is 3. The fourth-order valence-electron chi connectivity index (χ4n) is 1.66. The van der Waals surface area contributed by atoms with Gasteiger partial charge in [-0.15, -0.1) is 0 Å². The lowest BCUT2D eigenvalue weighted by Crippen LogP contribution is -2.29. The minimum Gasteiger partial charge on any atom is -0.271 e. The summed E-state index contributed by atoms with van der Waals surface area (Å²) in [6, 6.07) is 5.39. The highest BCUT2D eigenvalue weighted by Crippen LogP contribution is 2.25. The molecule has 0 amide bonds. The number of hydrazine groups is 1. The molecular formula is C12H10BrF2N3. The van der Waals surface area contributed by atoms with E-state index < -0.39 is 17.7 Å². The van der Waals surface area contributed by atoms with E-state index in [1.807, 2.05) is 0 Å². The monoisotopic (exact) mass is 313 g/mol. The van der Waals surface area contributed by atoms with Crippen molar-refractivity contribution < 1.29 is 8.78 Å². The van der Waals surface area contributed by atoms with E-state index in [-0.39, 0.29) is 0 Å². The molecule has 1 atom stereocenters. The van der Waals surface area contributed by atoms with Crippen LogP contribution in [0.25, 0.3) is 0 Å². The summed E-state index contributed by atoms with van der Waals surface area (Å²) in [7, 11) is 0. The van der Waals surface area contributed by atoms with Crippen molar-refractivity contribution in [2.45, 2.75) is 6.04 Å². The highest BCUT2D eigenvalue weighted by Gasteiger charge is 2.15. The Bertz CT molecular complexity index is 563. The third kappa shape index (κ3) is 2.72. The highest BCUT2D eigenvalue weighted by atomic mass is 79.9. The normalized spacial score (nSPS) is 12.4. The van der Waals surface area contributed by atoms with Gasteiger partial charge in [-0.05, 0) is 45.3 Å². The van der Waals surface area contributed by atoms with Crippen molar-refractivity contribution in [2.75, 3.05) is 0 Å². The SMILES string of the molecule is NNC(c1cncc(F)c1)c1ccc(Br)c(F)c1. The van der Waals surface area contributed by atoms with Crippen LogP contribution in [0.1, 0.15) is 17.2 Å². The van der Waals surface area contributed by atoms with Gasteiger partial charge in [0.25, 0.3) is 0 Å². The van der Waals surface area contributed by atoms with Crippen molar-refractivity contribution in [1.82, 2.24) is 10.4 Å². The largest absolute Gasteiger partial charge is 0.271 e. The molecule has 1 heterocycles. The Hall–Kier alpha value is -1.37. The van der Waals surface area contributed by atoms with Gasteiger partial charge >= 0.3 is 0 Å². The molecule has 0 fully saturated rings. The van der Waals surface area contributed by atoms with Crippen LogP contribution in [0.2, 0.25) is 0 Å². The topological polar surface area (TPSA) is 50.9 Å². The van der Waals surface area contributed by atoms with Crippen LogP contribution in [-0.2, 0) is 0 Å². The summed E-state index contributed by atoms with van der Waals surface area (Å²) >= 11 is 3.07. The summed E-state index contributed by atoms with van der Waals surface area (Å²) in [5.41, 5.74) is 3.64. The molecule has 3 nitrogen and oxygen atoms in total. The van der Waals surface area contributed by atoms with E-state index in [1.54, 1.807) is 12.1 Å². The Morgan fingerprint density at radius 1 is 1.17 bits per heavy atom. The lowest BCUT2D eigenvalue weighted by atomic mass is 10.0. The molecule has 0 aliphatic rings. The molecule has 0 aliphatic heterocycles. The maximum absolute atomic E-state index is 13.5. The zero-order valence-corrected chi connectivity index (χ0v) is 10.8. The van der Waals surface area contributed by atoms with Crippen LogP contribution in [0, 0.1) is 11.6 Å². The van der Waals surface area contributed by atoms with Crippen LogP contribution in [0.3, 0.4) is 0 Å². The molecule has 1 aromatic carbocycles. The van der Waals surface area contributed by atoms with Gasteiger partial charge in [-0.3, -0.25) is 10.8 Å². The quantitative estimate of drug-likeness (QED) is 0.676. The molecule has 1 unspecified atom stereocenters. The first-order chi connectivity index (χ1) is 8.61. The van der Waals surface area contributed by atoms with E-state index in [9.17, 15) is 8.78 Å². The smallest absolute Gasteiger partial charge is 0.141 e. The molecule has 0 radical (unpaired) electrons. The van der Waals surface area contributed by atoms with Gasteiger partial charge in [-0.1, -0.05) is 6.07 Å². The Kier molecular flexibility index (Phi) is 4.00. The number of nitrogens with two attached hydrogens (primary N) is 1. The lowest BCUT2D eigenvalue weighted by molar-refractivity contribution is 0.588. The number of aromatic nitrogens is 1. The second-order valence-electron chi connectivity index (χ2n) is 3.71. The number of nitrogens with zero attached hydrogens (tertiary/aromatic N) is 1. The van der Waals surface area contributed by atoms with Crippen molar-refractivity contribution in [3.05, 3.63) is 63.9 Å². The molecule has 18 heavy (non-hydrogen) atoms. The molecule has 94 valence electrons. The number of hydrogen-bond acceptors (Lipinski definition) is 3. The Labute approximate surface area is 111 Å². The average molecular weight is 314 g/mol. The molecule has 0 saturated carbocycles. The van der Waals surface area contributed by atoms with Crippen LogP contribution in [0.15, 0.2) is 41.1 Å². The third-order valence-electron chi connectivity index (χ3n) is 2.50. The molecule has 0 saturated heterocycles. The predicted molar refractivity (Wildman–Crippen MR) is 67.5 cm³/mol. The molecule has 2 rings (SSSR count). The number of hydrogen-bond donors (Lipinski definition) is 2. The van der Waals surface area contributed by atoms with Crippen LogP contribution < -0.4 is 11.3 Å². The molecule has 3 N–H and O–H groups in total. The Morgan fingerprint density at radius 2 is 1.94 bits per heavy atom. The summed E-state index contributed by atoms with van der Waals surface area (Å²) < 4.78 is 26.9. The second kappa shape index (κ2) is 5.51. The molecule has 0 bridgehead atoms. The van der Waals surface area contributed by atoms with Crippen LogP contribution >= 0.6 is 15.9 Å². The van der Waals surface area contributed by atoms with Gasteiger partial charge < -0.3 is 0 Å². The summed E-state index contributed by atoms with van der Waals surface area (Å²) in [6.07, 6.45) is 2.58. The second-order valence-corrected chi connectivity index (χ2v) is 4.56. The van der Waals surface area contributed by atoms with Gasteiger partial charge in [0.15, 0.2) is 0 Å². The van der Waals surface area contributed by atoms with Crippen molar-refractivity contribution >= 4 is 15.9 Å². The van der Waals surface area contributed by atoms with Crippen molar-refractivity contribution in [1.29, 1.82) is 0 Å². The Balaban J connectivity index is 2.42. The van der Waals surface area contributed by atoms with Gasteiger partial charge in [0.2, 0.25) is 0 Å². The fourth-order valence-corrected chi connectivity index (χ4v) is 1.91.